The van der Waals surface area contributed by atoms with Crippen molar-refractivity contribution in [3.63, 3.8) is 0 Å². The fourth-order valence-electron chi connectivity index (χ4n) is 1.42. The van der Waals surface area contributed by atoms with Gasteiger partial charge in [-0.05, 0) is 12.1 Å². The highest BCUT2D eigenvalue weighted by atomic mass is 32.2. The summed E-state index contributed by atoms with van der Waals surface area (Å²) in [7, 11) is 0. The quantitative estimate of drug-likeness (QED) is 0.488. The van der Waals surface area contributed by atoms with Crippen LogP contribution in [-0.4, -0.2) is 17.6 Å². The Balaban J connectivity index is 2.04. The lowest BCUT2D eigenvalue weighted by Gasteiger charge is -2.40. The van der Waals surface area contributed by atoms with Gasteiger partial charge in [0.1, 0.15) is 6.61 Å². The van der Waals surface area contributed by atoms with Gasteiger partial charge in [0.25, 0.3) is 0 Å². The lowest BCUT2D eigenvalue weighted by molar-refractivity contribution is -0.143. The molecule has 0 aliphatic carbocycles. The first-order valence-electron chi connectivity index (χ1n) is 4.87. The molecule has 1 aliphatic heterocycles. The Labute approximate surface area is 98.6 Å². The average molecular weight is 233 g/mol. The summed E-state index contributed by atoms with van der Waals surface area (Å²) < 4.78 is 5.48. The maximum Gasteiger partial charge on any atom is 0.228 e. The second-order valence-corrected chi connectivity index (χ2v) is 4.72. The second-order valence-electron chi connectivity index (χ2n) is 3.39. The van der Waals surface area contributed by atoms with Gasteiger partial charge in [-0.25, -0.2) is 0 Å². The second kappa shape index (κ2) is 4.60. The van der Waals surface area contributed by atoms with Gasteiger partial charge in [0.15, 0.2) is 0 Å². The van der Waals surface area contributed by atoms with Crippen LogP contribution >= 0.6 is 11.8 Å². The third-order valence-corrected chi connectivity index (χ3v) is 3.34. The standard InChI is InChI=1S/C12H11NO2S/c1-2-8-15-12(9-11(14)13-12)16-10-6-4-3-5-7-10/h1,3-7H,8-9H2,(H,13,14). The van der Waals surface area contributed by atoms with Crippen LogP contribution in [0.15, 0.2) is 35.2 Å². The van der Waals surface area contributed by atoms with Crippen molar-refractivity contribution in [3.8, 4) is 12.3 Å². The molecular formula is C12H11NO2S. The van der Waals surface area contributed by atoms with Crippen LogP contribution in [0.3, 0.4) is 0 Å². The number of ether oxygens (including phenoxy) is 1. The summed E-state index contributed by atoms with van der Waals surface area (Å²) in [6.07, 6.45) is 5.49. The van der Waals surface area contributed by atoms with Gasteiger partial charge < -0.3 is 10.1 Å². The zero-order valence-electron chi connectivity index (χ0n) is 8.60. The molecule has 1 aliphatic rings. The van der Waals surface area contributed by atoms with Crippen molar-refractivity contribution < 1.29 is 9.53 Å². The highest BCUT2D eigenvalue weighted by Crippen LogP contribution is 2.39. The Kier molecular flexibility index (Phi) is 3.18. The molecule has 1 aromatic rings. The van der Waals surface area contributed by atoms with E-state index < -0.39 is 5.06 Å². The molecule has 2 rings (SSSR count). The molecule has 1 heterocycles. The minimum Gasteiger partial charge on any atom is -0.333 e. The molecule has 1 atom stereocenters. The molecule has 0 saturated carbocycles. The van der Waals surface area contributed by atoms with E-state index in [1.54, 1.807) is 0 Å². The fraction of sp³-hybridized carbons (Fsp3) is 0.250. The number of benzene rings is 1. The highest BCUT2D eigenvalue weighted by molar-refractivity contribution is 8.00. The van der Waals surface area contributed by atoms with Crippen molar-refractivity contribution in [2.75, 3.05) is 6.61 Å². The van der Waals surface area contributed by atoms with E-state index in [-0.39, 0.29) is 12.5 Å². The monoisotopic (exact) mass is 233 g/mol. The molecule has 1 saturated heterocycles. The number of nitrogens with one attached hydrogen (secondary N) is 1. The number of hydrogen-bond donors (Lipinski definition) is 1. The highest BCUT2D eigenvalue weighted by Gasteiger charge is 2.45. The molecule has 82 valence electrons. The minimum atomic E-state index is -0.676. The van der Waals surface area contributed by atoms with Crippen LogP contribution in [0, 0.1) is 12.3 Å². The van der Waals surface area contributed by atoms with Gasteiger partial charge in [0.2, 0.25) is 11.0 Å². The molecule has 1 fully saturated rings. The predicted octanol–water partition coefficient (Wildman–Crippen LogP) is 1.60. The smallest absolute Gasteiger partial charge is 0.228 e. The fourth-order valence-corrected chi connectivity index (χ4v) is 2.58. The number of β-lactam (4-membered cyclic amide) rings is 1. The molecule has 1 aromatic carbocycles. The van der Waals surface area contributed by atoms with Crippen molar-refractivity contribution in [1.29, 1.82) is 0 Å². The van der Waals surface area contributed by atoms with E-state index in [9.17, 15) is 4.79 Å². The van der Waals surface area contributed by atoms with Gasteiger partial charge in [-0.1, -0.05) is 35.9 Å². The van der Waals surface area contributed by atoms with Crippen LogP contribution in [0.25, 0.3) is 0 Å². The maximum atomic E-state index is 11.0. The molecule has 4 heteroatoms. The van der Waals surface area contributed by atoms with Gasteiger partial charge in [-0.15, -0.1) is 6.42 Å². The number of carbonyl (C=O) groups is 1. The van der Waals surface area contributed by atoms with Gasteiger partial charge in [0.05, 0.1) is 6.42 Å². The van der Waals surface area contributed by atoms with Crippen LogP contribution in [0.1, 0.15) is 6.42 Å². The largest absolute Gasteiger partial charge is 0.333 e. The third kappa shape index (κ3) is 2.38. The number of terminal acetylenes is 1. The first kappa shape index (κ1) is 11.1. The van der Waals surface area contributed by atoms with Crippen molar-refractivity contribution >= 4 is 17.7 Å². The molecule has 1 N–H and O–H groups in total. The molecule has 0 spiro atoms. The van der Waals surface area contributed by atoms with Crippen LogP contribution < -0.4 is 5.32 Å². The van der Waals surface area contributed by atoms with Crippen LogP contribution in [-0.2, 0) is 9.53 Å². The van der Waals surface area contributed by atoms with E-state index in [0.29, 0.717) is 6.42 Å². The Morgan fingerprint density at radius 3 is 2.75 bits per heavy atom. The summed E-state index contributed by atoms with van der Waals surface area (Å²) in [5.74, 6) is 2.39. The first-order valence-corrected chi connectivity index (χ1v) is 5.68. The molecule has 0 radical (unpaired) electrons. The van der Waals surface area contributed by atoms with E-state index in [4.69, 9.17) is 11.2 Å². The normalized spacial score (nSPS) is 23.1. The van der Waals surface area contributed by atoms with Crippen LogP contribution in [0.4, 0.5) is 0 Å². The van der Waals surface area contributed by atoms with Gasteiger partial charge in [-0.2, -0.15) is 0 Å². The number of carbonyl (C=O) groups excluding carboxylic acids is 1. The Hall–Kier alpha value is -1.44. The molecule has 1 unspecified atom stereocenters. The van der Waals surface area contributed by atoms with Crippen molar-refractivity contribution in [1.82, 2.24) is 5.32 Å². The number of rotatable bonds is 4. The summed E-state index contributed by atoms with van der Waals surface area (Å²) in [6.45, 7) is 0.195. The molecule has 0 aromatic heterocycles. The van der Waals surface area contributed by atoms with Crippen molar-refractivity contribution in [2.24, 2.45) is 0 Å². The molecule has 3 nitrogen and oxygen atoms in total. The summed E-state index contributed by atoms with van der Waals surface area (Å²) in [5.41, 5.74) is 0. The van der Waals surface area contributed by atoms with Crippen LogP contribution in [0.2, 0.25) is 0 Å². The van der Waals surface area contributed by atoms with Crippen LogP contribution in [0.5, 0.6) is 0 Å². The average Bonchev–Trinajstić information content (AvgIpc) is 2.26. The molecule has 0 bridgehead atoms. The lowest BCUT2D eigenvalue weighted by Crippen LogP contribution is -2.60. The van der Waals surface area contributed by atoms with Gasteiger partial charge in [-0.3, -0.25) is 4.79 Å². The zero-order valence-corrected chi connectivity index (χ0v) is 9.42. The summed E-state index contributed by atoms with van der Waals surface area (Å²) >= 11 is 1.47. The van der Waals surface area contributed by atoms with Gasteiger partial charge in [0, 0.05) is 4.90 Å². The van der Waals surface area contributed by atoms with E-state index >= 15 is 0 Å². The van der Waals surface area contributed by atoms with E-state index in [1.165, 1.54) is 11.8 Å². The van der Waals surface area contributed by atoms with Crippen molar-refractivity contribution in [2.45, 2.75) is 16.4 Å². The number of hydrogen-bond acceptors (Lipinski definition) is 3. The lowest BCUT2D eigenvalue weighted by atomic mass is 10.2. The zero-order chi connectivity index (χ0) is 11.4. The Morgan fingerprint density at radius 1 is 1.50 bits per heavy atom. The maximum absolute atomic E-state index is 11.0. The van der Waals surface area contributed by atoms with E-state index in [2.05, 4.69) is 11.2 Å². The molecule has 1 amide bonds. The third-order valence-electron chi connectivity index (χ3n) is 2.14. The van der Waals surface area contributed by atoms with Gasteiger partial charge >= 0.3 is 0 Å². The molecular weight excluding hydrogens is 222 g/mol. The SMILES string of the molecule is C#CCOC1(Sc2ccccc2)CC(=O)N1. The summed E-state index contributed by atoms with van der Waals surface area (Å²) in [4.78, 5) is 12.1. The van der Waals surface area contributed by atoms with E-state index in [1.807, 2.05) is 30.3 Å². The predicted molar refractivity (Wildman–Crippen MR) is 62.6 cm³/mol. The summed E-state index contributed by atoms with van der Waals surface area (Å²) in [6, 6.07) is 9.76. The Bertz CT molecular complexity index is 416. The first-order chi connectivity index (χ1) is 7.74. The molecule has 16 heavy (non-hydrogen) atoms. The Morgan fingerprint density at radius 2 is 2.19 bits per heavy atom. The topological polar surface area (TPSA) is 38.3 Å². The van der Waals surface area contributed by atoms with Crippen molar-refractivity contribution in [3.05, 3.63) is 30.3 Å². The minimum absolute atomic E-state index is 0.0135. The summed E-state index contributed by atoms with van der Waals surface area (Å²) in [5, 5.41) is 2.07. The van der Waals surface area contributed by atoms with E-state index in [0.717, 1.165) is 4.90 Å². The number of amides is 1. The number of thioether (sulfide) groups is 1.